The van der Waals surface area contributed by atoms with Gasteiger partial charge in [-0.15, -0.1) is 0 Å². The van der Waals surface area contributed by atoms with E-state index < -0.39 is 24.1 Å². The molecule has 0 spiro atoms. The second-order valence-corrected chi connectivity index (χ2v) is 4.95. The fraction of sp³-hybridized carbons (Fsp3) is 0.917. The molecule has 3 atom stereocenters. The van der Waals surface area contributed by atoms with E-state index in [1.54, 1.807) is 0 Å². The first-order valence-corrected chi connectivity index (χ1v) is 6.40. The van der Waals surface area contributed by atoms with Crippen LogP contribution in [0.4, 0.5) is 13.2 Å². The molecule has 0 aromatic heterocycles. The number of nitrogens with one attached hydrogen (secondary N) is 1. The van der Waals surface area contributed by atoms with Crippen LogP contribution in [-0.2, 0) is 4.79 Å². The molecule has 1 fully saturated rings. The van der Waals surface area contributed by atoms with Gasteiger partial charge in [0, 0.05) is 6.04 Å². The number of rotatable bonds is 5. The molecule has 0 heterocycles. The van der Waals surface area contributed by atoms with E-state index in [0.29, 0.717) is 25.7 Å². The number of hydrogen-bond acceptors (Lipinski definition) is 2. The Bertz CT molecular complexity index is 281. The van der Waals surface area contributed by atoms with Crippen molar-refractivity contribution in [2.24, 2.45) is 5.92 Å². The van der Waals surface area contributed by atoms with Gasteiger partial charge in [0.2, 0.25) is 0 Å². The summed E-state index contributed by atoms with van der Waals surface area (Å²) in [6.45, 7) is 1.86. The van der Waals surface area contributed by atoms with Crippen molar-refractivity contribution < 1.29 is 23.1 Å². The molecule has 0 aliphatic heterocycles. The number of hydrogen-bond donors (Lipinski definition) is 2. The second kappa shape index (κ2) is 6.41. The molecule has 1 rings (SSSR count). The zero-order valence-electron chi connectivity index (χ0n) is 10.5. The lowest BCUT2D eigenvalue weighted by Crippen LogP contribution is -2.46. The summed E-state index contributed by atoms with van der Waals surface area (Å²) in [6.07, 6.45) is -1.74. The molecule has 1 saturated carbocycles. The molecule has 3 unspecified atom stereocenters. The zero-order chi connectivity index (χ0) is 13.8. The summed E-state index contributed by atoms with van der Waals surface area (Å²) in [5.74, 6) is -2.27. The van der Waals surface area contributed by atoms with E-state index in [1.165, 1.54) is 0 Å². The molecule has 18 heavy (non-hydrogen) atoms. The van der Waals surface area contributed by atoms with Gasteiger partial charge in [0.15, 0.2) is 0 Å². The number of halogens is 3. The van der Waals surface area contributed by atoms with Gasteiger partial charge in [-0.25, -0.2) is 0 Å². The average Bonchev–Trinajstić information content (AvgIpc) is 2.27. The van der Waals surface area contributed by atoms with Gasteiger partial charge < -0.3 is 10.4 Å². The predicted molar refractivity (Wildman–Crippen MR) is 61.3 cm³/mol. The number of alkyl halides is 3. The lowest BCUT2D eigenvalue weighted by Gasteiger charge is -2.32. The third-order valence-electron chi connectivity index (χ3n) is 3.45. The van der Waals surface area contributed by atoms with E-state index in [9.17, 15) is 18.0 Å². The third-order valence-corrected chi connectivity index (χ3v) is 3.45. The highest BCUT2D eigenvalue weighted by Crippen LogP contribution is 2.37. The largest absolute Gasteiger partial charge is 0.480 e. The first kappa shape index (κ1) is 15.3. The fourth-order valence-electron chi connectivity index (χ4n) is 2.49. The quantitative estimate of drug-likeness (QED) is 0.805. The molecular weight excluding hydrogens is 247 g/mol. The molecule has 0 bridgehead atoms. The van der Waals surface area contributed by atoms with Crippen LogP contribution in [0.5, 0.6) is 0 Å². The van der Waals surface area contributed by atoms with Crippen molar-refractivity contribution in [2.45, 2.75) is 63.7 Å². The summed E-state index contributed by atoms with van der Waals surface area (Å²) >= 11 is 0. The Kier molecular flexibility index (Phi) is 5.44. The Labute approximate surface area is 105 Å². The van der Waals surface area contributed by atoms with Crippen molar-refractivity contribution in [1.29, 1.82) is 0 Å². The van der Waals surface area contributed by atoms with Gasteiger partial charge in [0.1, 0.15) is 6.04 Å². The van der Waals surface area contributed by atoms with Crippen LogP contribution in [-0.4, -0.2) is 29.3 Å². The molecule has 0 saturated heterocycles. The molecule has 6 heteroatoms. The van der Waals surface area contributed by atoms with E-state index in [2.05, 4.69) is 5.32 Å². The van der Waals surface area contributed by atoms with Crippen molar-refractivity contribution in [1.82, 2.24) is 5.32 Å². The summed E-state index contributed by atoms with van der Waals surface area (Å²) in [5, 5.41) is 11.8. The molecule has 0 radical (unpaired) electrons. The average molecular weight is 267 g/mol. The normalized spacial score (nSPS) is 26.9. The topological polar surface area (TPSA) is 49.3 Å². The molecule has 0 aromatic carbocycles. The minimum Gasteiger partial charge on any atom is -0.480 e. The van der Waals surface area contributed by atoms with Crippen LogP contribution in [0.15, 0.2) is 0 Å². The van der Waals surface area contributed by atoms with Gasteiger partial charge in [-0.2, -0.15) is 13.2 Å². The van der Waals surface area contributed by atoms with Crippen LogP contribution >= 0.6 is 0 Å². The Morgan fingerprint density at radius 3 is 2.61 bits per heavy atom. The van der Waals surface area contributed by atoms with Crippen LogP contribution in [0.2, 0.25) is 0 Å². The van der Waals surface area contributed by atoms with E-state index >= 15 is 0 Å². The molecule has 0 amide bonds. The minimum atomic E-state index is -4.16. The summed E-state index contributed by atoms with van der Waals surface area (Å²) in [5.41, 5.74) is 0. The van der Waals surface area contributed by atoms with Gasteiger partial charge in [-0.05, 0) is 25.7 Å². The monoisotopic (exact) mass is 267 g/mol. The third kappa shape index (κ3) is 4.48. The lowest BCUT2D eigenvalue weighted by atomic mass is 9.85. The standard InChI is InChI=1S/C12H20F3NO2/c1-2-4-10(11(17)18)16-9-6-3-5-8(7-9)12(13,14)15/h8-10,16H,2-7H2,1H3,(H,17,18). The van der Waals surface area contributed by atoms with Gasteiger partial charge in [0.05, 0.1) is 5.92 Å². The number of carboxylic acid groups (broad SMARTS) is 1. The Hall–Kier alpha value is -0.780. The van der Waals surface area contributed by atoms with Crippen LogP contribution < -0.4 is 5.32 Å². The summed E-state index contributed by atoms with van der Waals surface area (Å²) in [7, 11) is 0. The molecule has 0 aromatic rings. The number of carboxylic acids is 1. The molecule has 1 aliphatic rings. The summed E-state index contributed by atoms with van der Waals surface area (Å²) in [4.78, 5) is 11.0. The van der Waals surface area contributed by atoms with Crippen molar-refractivity contribution in [3.05, 3.63) is 0 Å². The van der Waals surface area contributed by atoms with Gasteiger partial charge in [-0.3, -0.25) is 4.79 Å². The summed E-state index contributed by atoms with van der Waals surface area (Å²) < 4.78 is 37.8. The highest BCUT2D eigenvalue weighted by Gasteiger charge is 2.42. The molecular formula is C12H20F3NO2. The maximum absolute atomic E-state index is 12.6. The van der Waals surface area contributed by atoms with E-state index in [0.717, 1.165) is 0 Å². The first-order valence-electron chi connectivity index (χ1n) is 6.40. The zero-order valence-corrected chi connectivity index (χ0v) is 10.5. The van der Waals surface area contributed by atoms with Gasteiger partial charge >= 0.3 is 12.1 Å². The maximum Gasteiger partial charge on any atom is 0.391 e. The molecule has 1 aliphatic carbocycles. The highest BCUT2D eigenvalue weighted by atomic mass is 19.4. The van der Waals surface area contributed by atoms with Crippen molar-refractivity contribution in [2.75, 3.05) is 0 Å². The number of aliphatic carboxylic acids is 1. The Balaban J connectivity index is 2.53. The second-order valence-electron chi connectivity index (χ2n) is 4.95. The van der Waals surface area contributed by atoms with Crippen LogP contribution in [0.3, 0.4) is 0 Å². The highest BCUT2D eigenvalue weighted by molar-refractivity contribution is 5.73. The first-order chi connectivity index (χ1) is 8.34. The van der Waals surface area contributed by atoms with Crippen molar-refractivity contribution in [3.8, 4) is 0 Å². The molecule has 106 valence electrons. The van der Waals surface area contributed by atoms with Crippen LogP contribution in [0.25, 0.3) is 0 Å². The van der Waals surface area contributed by atoms with Gasteiger partial charge in [0.25, 0.3) is 0 Å². The van der Waals surface area contributed by atoms with Crippen LogP contribution in [0.1, 0.15) is 45.4 Å². The van der Waals surface area contributed by atoms with Crippen LogP contribution in [0, 0.1) is 5.92 Å². The van der Waals surface area contributed by atoms with Crippen molar-refractivity contribution in [3.63, 3.8) is 0 Å². The van der Waals surface area contributed by atoms with E-state index in [4.69, 9.17) is 5.11 Å². The van der Waals surface area contributed by atoms with Gasteiger partial charge in [-0.1, -0.05) is 19.8 Å². The SMILES string of the molecule is CCCC(NC1CCCC(C(F)(F)F)C1)C(=O)O. The summed E-state index contributed by atoms with van der Waals surface area (Å²) in [6, 6.07) is -1.06. The lowest BCUT2D eigenvalue weighted by molar-refractivity contribution is -0.184. The van der Waals surface area contributed by atoms with E-state index in [1.807, 2.05) is 6.92 Å². The maximum atomic E-state index is 12.6. The molecule has 3 nitrogen and oxygen atoms in total. The Morgan fingerprint density at radius 2 is 2.11 bits per heavy atom. The number of carbonyl (C=O) groups is 1. The predicted octanol–water partition coefficient (Wildman–Crippen LogP) is 2.95. The van der Waals surface area contributed by atoms with E-state index in [-0.39, 0.29) is 18.9 Å². The fourth-order valence-corrected chi connectivity index (χ4v) is 2.49. The molecule has 2 N–H and O–H groups in total. The Morgan fingerprint density at radius 1 is 1.44 bits per heavy atom. The minimum absolute atomic E-state index is 0.00298. The smallest absolute Gasteiger partial charge is 0.391 e. The van der Waals surface area contributed by atoms with Crippen molar-refractivity contribution >= 4 is 5.97 Å².